The van der Waals surface area contributed by atoms with Crippen LogP contribution in [0, 0.1) is 0 Å². The Balaban J connectivity index is 1.55. The van der Waals surface area contributed by atoms with Gasteiger partial charge in [0.05, 0.1) is 17.8 Å². The minimum atomic E-state index is -0.122. The van der Waals surface area contributed by atoms with E-state index in [0.29, 0.717) is 12.3 Å². The van der Waals surface area contributed by atoms with Gasteiger partial charge in [0.1, 0.15) is 5.75 Å². The van der Waals surface area contributed by atoms with Crippen molar-refractivity contribution >= 4 is 17.5 Å². The average Bonchev–Trinajstić information content (AvgIpc) is 3.08. The number of carbonyl (C=O) groups excluding carboxylic acids is 2. The number of ether oxygens (including phenoxy) is 2. The highest BCUT2D eigenvalue weighted by Crippen LogP contribution is 2.31. The highest BCUT2D eigenvalue weighted by Gasteiger charge is 2.27. The second-order valence-electron chi connectivity index (χ2n) is 5.96. The first kappa shape index (κ1) is 15.8. The second-order valence-corrected chi connectivity index (χ2v) is 5.96. The first-order valence-corrected chi connectivity index (χ1v) is 8.08. The lowest BCUT2D eigenvalue weighted by atomic mass is 10.1. The Morgan fingerprint density at radius 3 is 3.04 bits per heavy atom. The van der Waals surface area contributed by atoms with E-state index in [9.17, 15) is 9.59 Å². The van der Waals surface area contributed by atoms with E-state index in [2.05, 4.69) is 5.32 Å². The first-order chi connectivity index (χ1) is 11.1. The second kappa shape index (κ2) is 7.00. The molecule has 1 aromatic rings. The van der Waals surface area contributed by atoms with Crippen LogP contribution >= 0.6 is 0 Å². The van der Waals surface area contributed by atoms with Gasteiger partial charge in [0.15, 0.2) is 6.61 Å². The lowest BCUT2D eigenvalue weighted by Crippen LogP contribution is -2.44. The molecule has 0 saturated carbocycles. The molecule has 1 saturated heterocycles. The van der Waals surface area contributed by atoms with Crippen LogP contribution in [0.3, 0.4) is 0 Å². The molecule has 6 nitrogen and oxygen atoms in total. The zero-order valence-corrected chi connectivity index (χ0v) is 13.3. The van der Waals surface area contributed by atoms with Crippen LogP contribution in [0.15, 0.2) is 24.3 Å². The number of carbonyl (C=O) groups is 2. The summed E-state index contributed by atoms with van der Waals surface area (Å²) in [6, 6.07) is 7.38. The molecule has 2 aliphatic heterocycles. The molecule has 0 radical (unpaired) electrons. The standard InChI is InChI=1S/C17H22N2O4/c1-12(14-7-4-10-22-14)18-16(20)8-9-19-13-5-2-3-6-15(13)23-11-17(19)21/h2-3,5-6,12,14H,4,7-11H2,1H3,(H,18,20)/t12-,14+/m0/s1. The van der Waals surface area contributed by atoms with Gasteiger partial charge in [0.2, 0.25) is 5.91 Å². The smallest absolute Gasteiger partial charge is 0.265 e. The molecule has 6 heteroatoms. The number of benzene rings is 1. The molecule has 0 aromatic heterocycles. The van der Waals surface area contributed by atoms with Crippen molar-refractivity contribution in [2.45, 2.75) is 38.3 Å². The molecule has 23 heavy (non-hydrogen) atoms. The third kappa shape index (κ3) is 3.64. The molecule has 2 heterocycles. The largest absolute Gasteiger partial charge is 0.482 e. The Morgan fingerprint density at radius 2 is 2.26 bits per heavy atom. The Labute approximate surface area is 135 Å². The summed E-state index contributed by atoms with van der Waals surface area (Å²) >= 11 is 0. The topological polar surface area (TPSA) is 67.9 Å². The third-order valence-corrected chi connectivity index (χ3v) is 4.28. The number of hydrogen-bond acceptors (Lipinski definition) is 4. The molecule has 2 amide bonds. The molecule has 1 fully saturated rings. The van der Waals surface area contributed by atoms with Crippen LogP contribution in [0.2, 0.25) is 0 Å². The summed E-state index contributed by atoms with van der Waals surface area (Å²) < 4.78 is 11.0. The van der Waals surface area contributed by atoms with E-state index in [-0.39, 0.29) is 37.0 Å². The maximum Gasteiger partial charge on any atom is 0.265 e. The summed E-state index contributed by atoms with van der Waals surface area (Å²) in [7, 11) is 0. The molecule has 124 valence electrons. The van der Waals surface area contributed by atoms with Gasteiger partial charge in [0.25, 0.3) is 5.91 Å². The zero-order chi connectivity index (χ0) is 16.2. The van der Waals surface area contributed by atoms with Crippen molar-refractivity contribution in [3.8, 4) is 5.75 Å². The molecule has 2 aliphatic rings. The number of amides is 2. The highest BCUT2D eigenvalue weighted by molar-refractivity contribution is 5.98. The fourth-order valence-corrected chi connectivity index (χ4v) is 3.03. The summed E-state index contributed by atoms with van der Waals surface area (Å²) in [6.07, 6.45) is 2.39. The van der Waals surface area contributed by atoms with Gasteiger partial charge in [-0.1, -0.05) is 12.1 Å². The van der Waals surface area contributed by atoms with Crippen molar-refractivity contribution in [2.75, 3.05) is 24.7 Å². The Kier molecular flexibility index (Phi) is 4.81. The summed E-state index contributed by atoms with van der Waals surface area (Å²) in [5, 5.41) is 2.97. The van der Waals surface area contributed by atoms with Crippen LogP contribution in [-0.4, -0.2) is 43.7 Å². The summed E-state index contributed by atoms with van der Waals surface area (Å²) in [5.74, 6) is 0.494. The summed E-state index contributed by atoms with van der Waals surface area (Å²) in [4.78, 5) is 25.8. The molecule has 1 aromatic carbocycles. The van der Waals surface area contributed by atoms with Gasteiger partial charge < -0.3 is 19.7 Å². The Bertz CT molecular complexity index is 584. The number of nitrogens with zero attached hydrogens (tertiary/aromatic N) is 1. The SMILES string of the molecule is C[C@H](NC(=O)CCN1C(=O)COc2ccccc21)[C@H]1CCCO1. The van der Waals surface area contributed by atoms with Crippen LogP contribution in [0.5, 0.6) is 5.75 Å². The van der Waals surface area contributed by atoms with Crippen molar-refractivity contribution in [3.05, 3.63) is 24.3 Å². The number of nitrogens with one attached hydrogen (secondary N) is 1. The highest BCUT2D eigenvalue weighted by atomic mass is 16.5. The van der Waals surface area contributed by atoms with Gasteiger partial charge >= 0.3 is 0 Å². The van der Waals surface area contributed by atoms with Gasteiger partial charge in [0, 0.05) is 19.6 Å². The lowest BCUT2D eigenvalue weighted by molar-refractivity contribution is -0.123. The first-order valence-electron chi connectivity index (χ1n) is 8.08. The van der Waals surface area contributed by atoms with E-state index in [1.165, 1.54) is 0 Å². The van der Waals surface area contributed by atoms with Crippen LogP contribution < -0.4 is 15.0 Å². The Morgan fingerprint density at radius 1 is 1.43 bits per heavy atom. The van der Waals surface area contributed by atoms with Crippen LogP contribution in [-0.2, 0) is 14.3 Å². The number of hydrogen-bond donors (Lipinski definition) is 1. The van der Waals surface area contributed by atoms with E-state index in [1.807, 2.05) is 31.2 Å². The van der Waals surface area contributed by atoms with Gasteiger partial charge in [-0.2, -0.15) is 0 Å². The molecule has 1 N–H and O–H groups in total. The number of anilines is 1. The van der Waals surface area contributed by atoms with Crippen molar-refractivity contribution in [1.29, 1.82) is 0 Å². The van der Waals surface area contributed by atoms with Gasteiger partial charge in [-0.15, -0.1) is 0 Å². The van der Waals surface area contributed by atoms with Crippen LogP contribution in [0.1, 0.15) is 26.2 Å². The predicted octanol–water partition coefficient (Wildman–Crippen LogP) is 1.49. The average molecular weight is 318 g/mol. The van der Waals surface area contributed by atoms with Gasteiger partial charge in [-0.3, -0.25) is 9.59 Å². The quantitative estimate of drug-likeness (QED) is 0.893. The molecule has 0 spiro atoms. The normalized spacial score (nSPS) is 21.5. The fraction of sp³-hybridized carbons (Fsp3) is 0.529. The van der Waals surface area contributed by atoms with E-state index >= 15 is 0 Å². The van der Waals surface area contributed by atoms with Crippen molar-refractivity contribution < 1.29 is 19.1 Å². The van der Waals surface area contributed by atoms with Crippen molar-refractivity contribution in [2.24, 2.45) is 0 Å². The van der Waals surface area contributed by atoms with Crippen LogP contribution in [0.25, 0.3) is 0 Å². The van der Waals surface area contributed by atoms with E-state index in [1.54, 1.807) is 4.90 Å². The van der Waals surface area contributed by atoms with E-state index in [0.717, 1.165) is 25.1 Å². The van der Waals surface area contributed by atoms with E-state index < -0.39 is 0 Å². The molecule has 2 atom stereocenters. The molecular weight excluding hydrogens is 296 g/mol. The minimum absolute atomic E-state index is 0.00215. The monoisotopic (exact) mass is 318 g/mol. The Hall–Kier alpha value is -2.08. The molecule has 0 bridgehead atoms. The van der Waals surface area contributed by atoms with Gasteiger partial charge in [-0.05, 0) is 31.9 Å². The summed E-state index contributed by atoms with van der Waals surface area (Å²) in [5.41, 5.74) is 0.726. The summed E-state index contributed by atoms with van der Waals surface area (Å²) in [6.45, 7) is 3.10. The van der Waals surface area contributed by atoms with E-state index in [4.69, 9.17) is 9.47 Å². The number of para-hydroxylation sites is 2. The lowest BCUT2D eigenvalue weighted by Gasteiger charge is -2.29. The van der Waals surface area contributed by atoms with Crippen molar-refractivity contribution in [3.63, 3.8) is 0 Å². The van der Waals surface area contributed by atoms with Gasteiger partial charge in [-0.25, -0.2) is 0 Å². The molecule has 0 unspecified atom stereocenters. The maximum atomic E-state index is 12.1. The fourth-order valence-electron chi connectivity index (χ4n) is 3.03. The maximum absolute atomic E-state index is 12.1. The number of rotatable bonds is 5. The molecule has 0 aliphatic carbocycles. The predicted molar refractivity (Wildman–Crippen MR) is 85.5 cm³/mol. The molecule has 3 rings (SSSR count). The van der Waals surface area contributed by atoms with Crippen molar-refractivity contribution in [1.82, 2.24) is 5.32 Å². The molecular formula is C17H22N2O4. The van der Waals surface area contributed by atoms with Crippen LogP contribution in [0.4, 0.5) is 5.69 Å². The number of fused-ring (bicyclic) bond motifs is 1. The minimum Gasteiger partial charge on any atom is -0.482 e. The third-order valence-electron chi connectivity index (χ3n) is 4.28. The zero-order valence-electron chi connectivity index (χ0n) is 13.3.